The molecule has 146 valence electrons. The minimum absolute atomic E-state index is 0.0493. The number of hydrogen-bond acceptors (Lipinski definition) is 3. The first-order valence-electron chi connectivity index (χ1n) is 10.1. The summed E-state index contributed by atoms with van der Waals surface area (Å²) in [4.78, 5) is 28.6. The van der Waals surface area contributed by atoms with E-state index >= 15 is 0 Å². The molecule has 0 aromatic heterocycles. The minimum Gasteiger partial charge on any atom is -0.375 e. The Morgan fingerprint density at radius 2 is 1.81 bits per heavy atom. The normalized spacial score (nSPS) is 24.5. The highest BCUT2D eigenvalue weighted by atomic mass is 16.5. The molecular weight excluding hydrogens is 342 g/mol. The van der Waals surface area contributed by atoms with Crippen molar-refractivity contribution >= 4 is 17.6 Å². The number of hydrogen-bond donors (Lipinski definition) is 1. The second-order valence-corrected chi connectivity index (χ2v) is 8.12. The summed E-state index contributed by atoms with van der Waals surface area (Å²) in [5.74, 6) is 0.194. The number of likely N-dealkylation sites (tertiary alicyclic amines) is 1. The molecule has 3 fully saturated rings. The molecule has 6 heteroatoms. The minimum atomic E-state index is -0.185. The predicted octanol–water partition coefficient (Wildman–Crippen LogP) is 3.24. The summed E-state index contributed by atoms with van der Waals surface area (Å²) in [5, 5.41) is 2.96. The van der Waals surface area contributed by atoms with Crippen LogP contribution in [0.4, 0.5) is 10.5 Å². The van der Waals surface area contributed by atoms with Crippen LogP contribution in [0.2, 0.25) is 0 Å². The first-order valence-corrected chi connectivity index (χ1v) is 10.1. The first-order chi connectivity index (χ1) is 13.1. The fraction of sp³-hybridized carbons (Fsp3) is 0.619. The molecule has 2 heterocycles. The lowest BCUT2D eigenvalue weighted by molar-refractivity contribution is -0.148. The van der Waals surface area contributed by atoms with Crippen molar-refractivity contribution in [2.45, 2.75) is 63.1 Å². The maximum atomic E-state index is 12.5. The van der Waals surface area contributed by atoms with E-state index in [0.717, 1.165) is 44.2 Å². The number of nitrogens with one attached hydrogen (secondary N) is 1. The largest absolute Gasteiger partial charge is 0.375 e. The number of para-hydroxylation sites is 1. The van der Waals surface area contributed by atoms with Crippen molar-refractivity contribution in [3.05, 3.63) is 30.3 Å². The first kappa shape index (κ1) is 18.3. The Labute approximate surface area is 160 Å². The highest BCUT2D eigenvalue weighted by Crippen LogP contribution is 2.40. The standard InChI is InChI=1S/C21H29N3O3/c1-16(25)24(18-7-8-18)19-9-14-27-21(15-19)10-12-23(13-11-21)20(26)22-17-5-3-2-4-6-17/h2-6,18-19H,7-15H2,1H3,(H,22,26). The summed E-state index contributed by atoms with van der Waals surface area (Å²) >= 11 is 0. The second-order valence-electron chi connectivity index (χ2n) is 8.12. The van der Waals surface area contributed by atoms with E-state index in [2.05, 4.69) is 10.2 Å². The zero-order valence-electron chi connectivity index (χ0n) is 16.0. The van der Waals surface area contributed by atoms with E-state index in [0.29, 0.717) is 25.7 Å². The highest BCUT2D eigenvalue weighted by Gasteiger charge is 2.45. The van der Waals surface area contributed by atoms with Gasteiger partial charge in [-0.25, -0.2) is 4.79 Å². The van der Waals surface area contributed by atoms with Crippen LogP contribution < -0.4 is 5.32 Å². The Bertz CT molecular complexity index is 681. The van der Waals surface area contributed by atoms with Crippen molar-refractivity contribution in [1.29, 1.82) is 0 Å². The van der Waals surface area contributed by atoms with Crippen LogP contribution in [0, 0.1) is 0 Å². The number of amides is 3. The third-order valence-corrected chi connectivity index (χ3v) is 6.15. The Hall–Kier alpha value is -2.08. The molecule has 4 rings (SSSR count). The molecule has 0 bridgehead atoms. The SMILES string of the molecule is CC(=O)N(C1CC1)C1CCOC2(CCN(C(=O)Nc3ccccc3)CC2)C1. The molecule has 1 spiro atoms. The summed E-state index contributed by atoms with van der Waals surface area (Å²) in [7, 11) is 0. The van der Waals surface area contributed by atoms with Crippen LogP contribution in [0.25, 0.3) is 0 Å². The van der Waals surface area contributed by atoms with Gasteiger partial charge in [-0.05, 0) is 50.7 Å². The number of nitrogens with zero attached hydrogens (tertiary/aromatic N) is 2. The van der Waals surface area contributed by atoms with Crippen LogP contribution in [-0.4, -0.2) is 59.1 Å². The van der Waals surface area contributed by atoms with Gasteiger partial charge in [0.2, 0.25) is 5.91 Å². The smallest absolute Gasteiger partial charge is 0.321 e. The summed E-state index contributed by atoms with van der Waals surface area (Å²) in [6.45, 7) is 3.78. The number of urea groups is 1. The average Bonchev–Trinajstić information content (AvgIpc) is 3.48. The number of carbonyl (C=O) groups excluding carboxylic acids is 2. The van der Waals surface area contributed by atoms with Crippen molar-refractivity contribution in [2.75, 3.05) is 25.0 Å². The molecule has 0 radical (unpaired) electrons. The fourth-order valence-corrected chi connectivity index (χ4v) is 4.59. The van der Waals surface area contributed by atoms with Gasteiger partial charge in [0, 0.05) is 44.4 Å². The van der Waals surface area contributed by atoms with Crippen LogP contribution in [0.1, 0.15) is 45.4 Å². The van der Waals surface area contributed by atoms with Crippen LogP contribution in [0.3, 0.4) is 0 Å². The third kappa shape index (κ3) is 4.10. The zero-order valence-corrected chi connectivity index (χ0v) is 16.0. The van der Waals surface area contributed by atoms with Gasteiger partial charge in [-0.2, -0.15) is 0 Å². The number of ether oxygens (including phenoxy) is 1. The highest BCUT2D eigenvalue weighted by molar-refractivity contribution is 5.89. The van der Waals surface area contributed by atoms with E-state index in [9.17, 15) is 9.59 Å². The summed E-state index contributed by atoms with van der Waals surface area (Å²) in [6, 6.07) is 10.2. The van der Waals surface area contributed by atoms with E-state index < -0.39 is 0 Å². The lowest BCUT2D eigenvalue weighted by Crippen LogP contribution is -2.56. The molecule has 1 aromatic rings. The van der Waals surface area contributed by atoms with Crippen molar-refractivity contribution in [1.82, 2.24) is 9.80 Å². The quantitative estimate of drug-likeness (QED) is 0.887. The van der Waals surface area contributed by atoms with E-state index in [-0.39, 0.29) is 23.6 Å². The van der Waals surface area contributed by atoms with Gasteiger partial charge in [0.25, 0.3) is 0 Å². The van der Waals surface area contributed by atoms with Crippen molar-refractivity contribution in [2.24, 2.45) is 0 Å². The summed E-state index contributed by atoms with van der Waals surface area (Å²) in [5.41, 5.74) is 0.632. The maximum Gasteiger partial charge on any atom is 0.321 e. The molecule has 3 aliphatic rings. The van der Waals surface area contributed by atoms with Gasteiger partial charge in [0.05, 0.1) is 5.60 Å². The van der Waals surface area contributed by atoms with E-state index in [1.165, 1.54) is 0 Å². The number of rotatable bonds is 3. The molecule has 27 heavy (non-hydrogen) atoms. The molecule has 2 aliphatic heterocycles. The molecule has 1 aliphatic carbocycles. The van der Waals surface area contributed by atoms with Crippen LogP contribution in [0.15, 0.2) is 30.3 Å². The van der Waals surface area contributed by atoms with Gasteiger partial charge >= 0.3 is 6.03 Å². The van der Waals surface area contributed by atoms with Gasteiger partial charge in [0.1, 0.15) is 0 Å². The number of carbonyl (C=O) groups is 2. The van der Waals surface area contributed by atoms with Crippen molar-refractivity contribution in [3.63, 3.8) is 0 Å². The molecular formula is C21H29N3O3. The van der Waals surface area contributed by atoms with E-state index in [1.54, 1.807) is 6.92 Å². The maximum absolute atomic E-state index is 12.5. The third-order valence-electron chi connectivity index (χ3n) is 6.15. The van der Waals surface area contributed by atoms with E-state index in [4.69, 9.17) is 4.74 Å². The fourth-order valence-electron chi connectivity index (χ4n) is 4.59. The molecule has 1 atom stereocenters. The van der Waals surface area contributed by atoms with E-state index in [1.807, 2.05) is 35.2 Å². The van der Waals surface area contributed by atoms with Gasteiger partial charge in [-0.1, -0.05) is 18.2 Å². The Balaban J connectivity index is 1.34. The number of piperidine rings is 1. The Kier molecular flexibility index (Phi) is 5.08. The summed E-state index contributed by atoms with van der Waals surface area (Å²) in [6.07, 6.45) is 5.77. The van der Waals surface area contributed by atoms with Gasteiger partial charge in [-0.15, -0.1) is 0 Å². The Morgan fingerprint density at radius 1 is 1.11 bits per heavy atom. The lowest BCUT2D eigenvalue weighted by Gasteiger charge is -2.48. The molecule has 1 aromatic carbocycles. The molecule has 1 saturated carbocycles. The van der Waals surface area contributed by atoms with Gasteiger partial charge in [-0.3, -0.25) is 4.79 Å². The topological polar surface area (TPSA) is 61.9 Å². The lowest BCUT2D eigenvalue weighted by atomic mass is 9.81. The van der Waals surface area contributed by atoms with Crippen molar-refractivity contribution in [3.8, 4) is 0 Å². The monoisotopic (exact) mass is 371 g/mol. The van der Waals surface area contributed by atoms with Crippen molar-refractivity contribution < 1.29 is 14.3 Å². The van der Waals surface area contributed by atoms with Gasteiger partial charge < -0.3 is 19.9 Å². The van der Waals surface area contributed by atoms with Gasteiger partial charge in [0.15, 0.2) is 0 Å². The Morgan fingerprint density at radius 3 is 2.44 bits per heavy atom. The average molecular weight is 371 g/mol. The summed E-state index contributed by atoms with van der Waals surface area (Å²) < 4.78 is 6.22. The number of anilines is 1. The molecule has 1 unspecified atom stereocenters. The van der Waals surface area contributed by atoms with Crippen LogP contribution in [-0.2, 0) is 9.53 Å². The molecule has 3 amide bonds. The second kappa shape index (κ2) is 7.50. The molecule has 2 saturated heterocycles. The number of benzene rings is 1. The van der Waals surface area contributed by atoms with Crippen LogP contribution >= 0.6 is 0 Å². The molecule has 1 N–H and O–H groups in total. The zero-order chi connectivity index (χ0) is 18.9. The predicted molar refractivity (Wildman–Crippen MR) is 104 cm³/mol. The van der Waals surface area contributed by atoms with Crippen LogP contribution in [0.5, 0.6) is 0 Å². The molecule has 6 nitrogen and oxygen atoms in total.